The molecule has 2 amide bonds. The molecule has 1 N–H and O–H groups in total. The summed E-state index contributed by atoms with van der Waals surface area (Å²) in [5.74, 6) is 0.669. The first-order valence-corrected chi connectivity index (χ1v) is 13.7. The van der Waals surface area contributed by atoms with Crippen molar-refractivity contribution in [1.29, 1.82) is 0 Å². The maximum atomic E-state index is 14.3. The van der Waals surface area contributed by atoms with Crippen molar-refractivity contribution in [3.63, 3.8) is 0 Å². The van der Waals surface area contributed by atoms with Crippen LogP contribution in [0.25, 0.3) is 5.57 Å². The van der Waals surface area contributed by atoms with Gasteiger partial charge in [-0.25, -0.2) is 4.79 Å². The Kier molecular flexibility index (Phi) is 7.84. The third-order valence-corrected chi connectivity index (χ3v) is 7.87. The number of aryl methyl sites for hydroxylation is 2. The monoisotopic (exact) mass is 584 g/mol. The number of rotatable bonds is 4. The van der Waals surface area contributed by atoms with Crippen LogP contribution in [-0.4, -0.2) is 58.2 Å². The number of nitrogens with zero attached hydrogens (tertiary/aromatic N) is 2. The van der Waals surface area contributed by atoms with E-state index in [-0.39, 0.29) is 17.8 Å². The summed E-state index contributed by atoms with van der Waals surface area (Å²) >= 11 is 3.54. The average Bonchev–Trinajstić information content (AvgIpc) is 2.83. The van der Waals surface area contributed by atoms with Crippen molar-refractivity contribution < 1.29 is 24.2 Å². The van der Waals surface area contributed by atoms with Crippen molar-refractivity contribution in [2.45, 2.75) is 71.6 Å². The van der Waals surface area contributed by atoms with Gasteiger partial charge in [0, 0.05) is 30.5 Å². The van der Waals surface area contributed by atoms with E-state index in [9.17, 15) is 14.7 Å². The normalized spacial score (nSPS) is 17.7. The molecule has 0 atom stereocenters. The fourth-order valence-corrected chi connectivity index (χ4v) is 6.24. The summed E-state index contributed by atoms with van der Waals surface area (Å²) in [6.45, 7) is 10.7. The van der Waals surface area contributed by atoms with Crippen molar-refractivity contribution in [2.24, 2.45) is 0 Å². The van der Waals surface area contributed by atoms with Gasteiger partial charge in [0.25, 0.3) is 5.91 Å². The molecule has 2 aromatic rings. The second-order valence-corrected chi connectivity index (χ2v) is 12.3. The predicted octanol–water partition coefficient (Wildman–Crippen LogP) is 6.55. The van der Waals surface area contributed by atoms with E-state index in [1.54, 1.807) is 12.0 Å². The Labute approximate surface area is 233 Å². The van der Waals surface area contributed by atoms with Crippen LogP contribution in [0.5, 0.6) is 5.75 Å². The molecule has 1 fully saturated rings. The number of aliphatic hydroxyl groups is 1. The van der Waals surface area contributed by atoms with Gasteiger partial charge in [-0.15, -0.1) is 0 Å². The van der Waals surface area contributed by atoms with E-state index in [0.717, 1.165) is 32.5 Å². The van der Waals surface area contributed by atoms with Gasteiger partial charge in [0.15, 0.2) is 0 Å². The lowest BCUT2D eigenvalue weighted by atomic mass is 9.76. The molecule has 1 saturated heterocycles. The maximum absolute atomic E-state index is 14.3. The highest BCUT2D eigenvalue weighted by Crippen LogP contribution is 2.44. The van der Waals surface area contributed by atoms with E-state index in [4.69, 9.17) is 9.47 Å². The minimum absolute atomic E-state index is 0.111. The summed E-state index contributed by atoms with van der Waals surface area (Å²) in [5, 5.41) is 11.4. The van der Waals surface area contributed by atoms with Crippen molar-refractivity contribution in [2.75, 3.05) is 20.2 Å². The topological polar surface area (TPSA) is 79.3 Å². The second-order valence-electron chi connectivity index (χ2n) is 11.3. The molecule has 2 aliphatic heterocycles. The number of ether oxygens (including phenoxy) is 2. The Balaban J connectivity index is 1.71. The van der Waals surface area contributed by atoms with Crippen LogP contribution in [0.2, 0.25) is 0 Å². The molecule has 204 valence electrons. The van der Waals surface area contributed by atoms with Crippen molar-refractivity contribution >= 4 is 33.5 Å². The van der Waals surface area contributed by atoms with Crippen molar-refractivity contribution in [3.8, 4) is 5.75 Å². The number of hydrogen-bond donors (Lipinski definition) is 1. The third kappa shape index (κ3) is 5.70. The Morgan fingerprint density at radius 1 is 1.08 bits per heavy atom. The highest BCUT2D eigenvalue weighted by molar-refractivity contribution is 9.10. The molecule has 8 heteroatoms. The minimum atomic E-state index is -0.611. The smallest absolute Gasteiger partial charge is 0.410 e. The molecule has 1 spiro atoms. The van der Waals surface area contributed by atoms with Crippen LogP contribution < -0.4 is 4.74 Å². The first-order chi connectivity index (χ1) is 17.8. The van der Waals surface area contributed by atoms with Gasteiger partial charge < -0.3 is 24.4 Å². The minimum Gasteiger partial charge on any atom is -0.511 e. The molecular weight excluding hydrogens is 548 g/mol. The second kappa shape index (κ2) is 10.6. The van der Waals surface area contributed by atoms with Gasteiger partial charge in [0.05, 0.1) is 18.2 Å². The van der Waals surface area contributed by atoms with Crippen molar-refractivity contribution in [1.82, 2.24) is 9.80 Å². The van der Waals surface area contributed by atoms with Gasteiger partial charge in [-0.3, -0.25) is 4.79 Å². The highest BCUT2D eigenvalue weighted by Gasteiger charge is 2.49. The summed E-state index contributed by atoms with van der Waals surface area (Å²) in [5.41, 5.74) is 2.76. The van der Waals surface area contributed by atoms with E-state index < -0.39 is 11.1 Å². The van der Waals surface area contributed by atoms with Crippen LogP contribution in [0, 0.1) is 13.8 Å². The van der Waals surface area contributed by atoms with Crippen LogP contribution in [0.3, 0.4) is 0 Å². The van der Waals surface area contributed by atoms with Crippen molar-refractivity contribution in [3.05, 3.63) is 68.9 Å². The number of methoxy groups -OCH3 is 1. The standard InChI is InChI=1S/C30H37BrN2O5/c1-19-15-22(31)16-20(2)25(19)26-24(34)17-30(11-13-32(14-12-30)28(36)38-29(3,4)5)33(27(26)35)18-21-7-9-23(37-6)10-8-21/h7-10,15-16,34H,11-14,17-18H2,1-6H3. The number of hydrogen-bond acceptors (Lipinski definition) is 5. The molecule has 2 heterocycles. The third-order valence-electron chi connectivity index (χ3n) is 7.41. The number of amides is 2. The molecule has 0 unspecified atom stereocenters. The molecular formula is C30H37BrN2O5. The lowest BCUT2D eigenvalue weighted by molar-refractivity contribution is -0.136. The van der Waals surface area contributed by atoms with E-state index in [0.29, 0.717) is 44.5 Å². The van der Waals surface area contributed by atoms with Gasteiger partial charge in [0.2, 0.25) is 0 Å². The molecule has 0 radical (unpaired) electrons. The zero-order chi connectivity index (χ0) is 27.8. The lowest BCUT2D eigenvalue weighted by Gasteiger charge is -2.51. The number of carbonyl (C=O) groups excluding carboxylic acids is 2. The summed E-state index contributed by atoms with van der Waals surface area (Å²) in [6.07, 6.45) is 1.08. The number of piperidine rings is 1. The van der Waals surface area contributed by atoms with E-state index >= 15 is 0 Å². The van der Waals surface area contributed by atoms with E-state index in [2.05, 4.69) is 15.9 Å². The molecule has 38 heavy (non-hydrogen) atoms. The average molecular weight is 586 g/mol. The molecule has 0 aromatic heterocycles. The molecule has 2 aromatic carbocycles. The fraction of sp³-hybridized carbons (Fsp3) is 0.467. The zero-order valence-electron chi connectivity index (χ0n) is 23.1. The lowest BCUT2D eigenvalue weighted by Crippen LogP contribution is -2.60. The summed E-state index contributed by atoms with van der Waals surface area (Å²) < 4.78 is 11.8. The largest absolute Gasteiger partial charge is 0.511 e. The number of likely N-dealkylation sites (tertiary alicyclic amines) is 1. The van der Waals surface area contributed by atoms with Gasteiger partial charge in [-0.2, -0.15) is 0 Å². The Bertz CT molecular complexity index is 1230. The summed E-state index contributed by atoms with van der Waals surface area (Å²) in [7, 11) is 1.62. The maximum Gasteiger partial charge on any atom is 0.410 e. The Hall–Kier alpha value is -3.00. The number of carbonyl (C=O) groups is 2. The van der Waals surface area contributed by atoms with Gasteiger partial charge in [-0.1, -0.05) is 28.1 Å². The summed E-state index contributed by atoms with van der Waals surface area (Å²) in [4.78, 5) is 30.6. The van der Waals surface area contributed by atoms with Gasteiger partial charge in [-0.05, 0) is 94.0 Å². The molecule has 0 aliphatic carbocycles. The van der Waals surface area contributed by atoms with Crippen LogP contribution >= 0.6 is 15.9 Å². The van der Waals surface area contributed by atoms with Gasteiger partial charge >= 0.3 is 6.09 Å². The van der Waals surface area contributed by atoms with Crippen LogP contribution in [0.1, 0.15) is 62.3 Å². The Morgan fingerprint density at radius 2 is 1.66 bits per heavy atom. The summed E-state index contributed by atoms with van der Waals surface area (Å²) in [6, 6.07) is 11.6. The number of aliphatic hydroxyl groups excluding tert-OH is 1. The quantitative estimate of drug-likeness (QED) is 0.441. The van der Waals surface area contributed by atoms with E-state index in [1.165, 1.54) is 0 Å². The SMILES string of the molecule is COc1ccc(CN2C(=O)C(c3c(C)cc(Br)cc3C)=C(O)CC23CCN(C(=O)OC(C)(C)C)CC3)cc1. The molecule has 2 aliphatic rings. The highest BCUT2D eigenvalue weighted by atomic mass is 79.9. The van der Waals surface area contributed by atoms with Crippen LogP contribution in [0.4, 0.5) is 4.79 Å². The van der Waals surface area contributed by atoms with Crippen LogP contribution in [-0.2, 0) is 16.1 Å². The van der Waals surface area contributed by atoms with E-state index in [1.807, 2.05) is 75.9 Å². The number of benzene rings is 2. The molecule has 0 bridgehead atoms. The van der Waals surface area contributed by atoms with Crippen LogP contribution in [0.15, 0.2) is 46.6 Å². The Morgan fingerprint density at radius 3 is 2.18 bits per heavy atom. The molecule has 4 rings (SSSR count). The number of halogens is 1. The molecule has 0 saturated carbocycles. The first kappa shape index (κ1) is 28.0. The van der Waals surface area contributed by atoms with Gasteiger partial charge in [0.1, 0.15) is 17.1 Å². The molecule has 7 nitrogen and oxygen atoms in total. The zero-order valence-corrected chi connectivity index (χ0v) is 24.6. The predicted molar refractivity (Wildman–Crippen MR) is 151 cm³/mol. The first-order valence-electron chi connectivity index (χ1n) is 13.0. The fourth-order valence-electron chi connectivity index (χ4n) is 5.56.